The fourth-order valence-electron chi connectivity index (χ4n) is 2.06. The molecule has 1 aromatic heterocycles. The van der Waals surface area contributed by atoms with Crippen molar-refractivity contribution in [1.82, 2.24) is 4.98 Å². The SMILES string of the molecule is CCOC(c1ccccc1)c1nc(CC)c(CN)s1. The first-order chi connectivity index (χ1) is 9.30. The summed E-state index contributed by atoms with van der Waals surface area (Å²) in [5.41, 5.74) is 8.02. The Bertz CT molecular complexity index is 489. The molecule has 0 aliphatic heterocycles. The van der Waals surface area contributed by atoms with Gasteiger partial charge in [-0.3, -0.25) is 0 Å². The van der Waals surface area contributed by atoms with E-state index in [0.29, 0.717) is 13.2 Å². The number of benzene rings is 1. The zero-order valence-electron chi connectivity index (χ0n) is 11.4. The molecule has 0 aliphatic carbocycles. The average molecular weight is 276 g/mol. The van der Waals surface area contributed by atoms with Crippen molar-refractivity contribution in [2.75, 3.05) is 6.61 Å². The Morgan fingerprint density at radius 2 is 2.00 bits per heavy atom. The number of thiazole rings is 1. The molecule has 2 N–H and O–H groups in total. The van der Waals surface area contributed by atoms with Crippen molar-refractivity contribution in [3.8, 4) is 0 Å². The van der Waals surface area contributed by atoms with Crippen molar-refractivity contribution in [1.29, 1.82) is 0 Å². The van der Waals surface area contributed by atoms with E-state index in [2.05, 4.69) is 19.1 Å². The first-order valence-electron chi connectivity index (χ1n) is 6.65. The smallest absolute Gasteiger partial charge is 0.134 e. The third-order valence-electron chi connectivity index (χ3n) is 2.98. The molecule has 0 amide bonds. The van der Waals surface area contributed by atoms with E-state index in [9.17, 15) is 0 Å². The number of rotatable bonds is 6. The first kappa shape index (κ1) is 14.2. The molecule has 1 unspecified atom stereocenters. The van der Waals surface area contributed by atoms with Crippen LogP contribution in [0.2, 0.25) is 0 Å². The second kappa shape index (κ2) is 6.80. The summed E-state index contributed by atoms with van der Waals surface area (Å²) in [5.74, 6) is 0. The fraction of sp³-hybridized carbons (Fsp3) is 0.400. The lowest BCUT2D eigenvalue weighted by Gasteiger charge is -2.14. The molecule has 0 spiro atoms. The zero-order valence-corrected chi connectivity index (χ0v) is 12.2. The minimum atomic E-state index is -0.0817. The van der Waals surface area contributed by atoms with Crippen molar-refractivity contribution in [2.45, 2.75) is 32.9 Å². The summed E-state index contributed by atoms with van der Waals surface area (Å²) in [6, 6.07) is 10.2. The third-order valence-corrected chi connectivity index (χ3v) is 4.14. The lowest BCUT2D eigenvalue weighted by molar-refractivity contribution is 0.0910. The molecular formula is C15H20N2OS. The summed E-state index contributed by atoms with van der Waals surface area (Å²) >= 11 is 1.67. The summed E-state index contributed by atoms with van der Waals surface area (Å²) in [5, 5.41) is 1.00. The number of nitrogens with two attached hydrogens (primary N) is 1. The van der Waals surface area contributed by atoms with E-state index in [1.165, 1.54) is 0 Å². The van der Waals surface area contributed by atoms with Crippen LogP contribution in [0.4, 0.5) is 0 Å². The van der Waals surface area contributed by atoms with Crippen molar-refractivity contribution in [3.63, 3.8) is 0 Å². The van der Waals surface area contributed by atoms with Gasteiger partial charge in [-0.05, 0) is 18.9 Å². The van der Waals surface area contributed by atoms with Crippen LogP contribution < -0.4 is 5.73 Å². The molecule has 2 aromatic rings. The Balaban J connectivity index is 2.36. The van der Waals surface area contributed by atoms with Crippen LogP contribution in [0.3, 0.4) is 0 Å². The summed E-state index contributed by atoms with van der Waals surface area (Å²) in [6.45, 7) is 5.33. The number of ether oxygens (including phenoxy) is 1. The van der Waals surface area contributed by atoms with E-state index in [1.54, 1.807) is 11.3 Å². The van der Waals surface area contributed by atoms with Crippen LogP contribution in [0.1, 0.15) is 41.1 Å². The Labute approximate surface area is 118 Å². The molecule has 0 aliphatic rings. The van der Waals surface area contributed by atoms with Crippen molar-refractivity contribution >= 4 is 11.3 Å². The molecule has 0 fully saturated rings. The molecule has 0 saturated carbocycles. The Morgan fingerprint density at radius 3 is 2.53 bits per heavy atom. The topological polar surface area (TPSA) is 48.1 Å². The summed E-state index contributed by atoms with van der Waals surface area (Å²) in [4.78, 5) is 5.87. The standard InChI is InChI=1S/C15H20N2OS/c1-3-12-13(10-16)19-15(17-12)14(18-4-2)11-8-6-5-7-9-11/h5-9,14H,3-4,10,16H2,1-2H3. The minimum Gasteiger partial charge on any atom is -0.367 e. The summed E-state index contributed by atoms with van der Waals surface area (Å²) in [6.07, 6.45) is 0.832. The number of aryl methyl sites for hydroxylation is 1. The molecule has 0 bridgehead atoms. The normalized spacial score (nSPS) is 12.6. The summed E-state index contributed by atoms with van der Waals surface area (Å²) in [7, 11) is 0. The Kier molecular flexibility index (Phi) is 5.07. The highest BCUT2D eigenvalue weighted by molar-refractivity contribution is 7.11. The first-order valence-corrected chi connectivity index (χ1v) is 7.46. The number of hydrogen-bond donors (Lipinski definition) is 1. The molecule has 1 heterocycles. The Morgan fingerprint density at radius 1 is 1.26 bits per heavy atom. The van der Waals surface area contributed by atoms with Gasteiger partial charge in [0, 0.05) is 18.0 Å². The van der Waals surface area contributed by atoms with Gasteiger partial charge in [0.05, 0.1) is 5.69 Å². The van der Waals surface area contributed by atoms with Crippen LogP contribution in [0.5, 0.6) is 0 Å². The lowest BCUT2D eigenvalue weighted by Crippen LogP contribution is -2.05. The molecule has 2 rings (SSSR count). The van der Waals surface area contributed by atoms with Gasteiger partial charge in [0.2, 0.25) is 0 Å². The minimum absolute atomic E-state index is 0.0817. The maximum atomic E-state index is 5.88. The number of hydrogen-bond acceptors (Lipinski definition) is 4. The third kappa shape index (κ3) is 3.21. The van der Waals surface area contributed by atoms with Crippen LogP contribution in [0.15, 0.2) is 30.3 Å². The van der Waals surface area contributed by atoms with E-state index in [4.69, 9.17) is 15.5 Å². The fourth-order valence-corrected chi connectivity index (χ4v) is 3.17. The molecule has 1 aromatic carbocycles. The molecule has 0 saturated heterocycles. The van der Waals surface area contributed by atoms with Gasteiger partial charge < -0.3 is 10.5 Å². The number of nitrogens with zero attached hydrogens (tertiary/aromatic N) is 1. The molecule has 0 radical (unpaired) electrons. The highest BCUT2D eigenvalue weighted by atomic mass is 32.1. The van der Waals surface area contributed by atoms with Gasteiger partial charge in [-0.25, -0.2) is 4.98 Å². The van der Waals surface area contributed by atoms with Crippen molar-refractivity contribution in [3.05, 3.63) is 51.5 Å². The monoisotopic (exact) mass is 276 g/mol. The zero-order chi connectivity index (χ0) is 13.7. The second-order valence-corrected chi connectivity index (χ2v) is 5.34. The molecule has 19 heavy (non-hydrogen) atoms. The van der Waals surface area contributed by atoms with Crippen LogP contribution in [0.25, 0.3) is 0 Å². The maximum Gasteiger partial charge on any atom is 0.134 e. The predicted octanol–water partition coefficient (Wildman–Crippen LogP) is 3.29. The largest absolute Gasteiger partial charge is 0.367 e. The van der Waals surface area contributed by atoms with Crippen LogP contribution in [0, 0.1) is 0 Å². The van der Waals surface area contributed by atoms with Crippen molar-refractivity contribution < 1.29 is 4.74 Å². The van der Waals surface area contributed by atoms with Crippen LogP contribution in [-0.4, -0.2) is 11.6 Å². The second-order valence-electron chi connectivity index (χ2n) is 4.23. The summed E-state index contributed by atoms with van der Waals surface area (Å²) < 4.78 is 5.88. The van der Waals surface area contributed by atoms with Gasteiger partial charge in [0.15, 0.2) is 0 Å². The molecule has 3 nitrogen and oxygen atoms in total. The van der Waals surface area contributed by atoms with E-state index < -0.39 is 0 Å². The van der Waals surface area contributed by atoms with Gasteiger partial charge in [-0.1, -0.05) is 37.3 Å². The molecule has 4 heteroatoms. The van der Waals surface area contributed by atoms with E-state index in [0.717, 1.165) is 27.6 Å². The van der Waals surface area contributed by atoms with Crippen LogP contribution >= 0.6 is 11.3 Å². The Hall–Kier alpha value is -1.23. The van der Waals surface area contributed by atoms with Gasteiger partial charge in [0.1, 0.15) is 11.1 Å². The van der Waals surface area contributed by atoms with E-state index in [-0.39, 0.29) is 6.10 Å². The molecule has 102 valence electrons. The highest BCUT2D eigenvalue weighted by Crippen LogP contribution is 2.31. The van der Waals surface area contributed by atoms with Gasteiger partial charge in [-0.15, -0.1) is 11.3 Å². The average Bonchev–Trinajstić information content (AvgIpc) is 2.88. The highest BCUT2D eigenvalue weighted by Gasteiger charge is 2.20. The van der Waals surface area contributed by atoms with Gasteiger partial charge in [-0.2, -0.15) is 0 Å². The van der Waals surface area contributed by atoms with Gasteiger partial charge >= 0.3 is 0 Å². The maximum absolute atomic E-state index is 5.88. The number of aromatic nitrogens is 1. The lowest BCUT2D eigenvalue weighted by atomic mass is 10.1. The molecule has 1 atom stereocenters. The van der Waals surface area contributed by atoms with E-state index in [1.807, 2.05) is 25.1 Å². The van der Waals surface area contributed by atoms with Crippen LogP contribution in [-0.2, 0) is 17.7 Å². The van der Waals surface area contributed by atoms with E-state index >= 15 is 0 Å². The van der Waals surface area contributed by atoms with Crippen molar-refractivity contribution in [2.24, 2.45) is 5.73 Å². The molecular weight excluding hydrogens is 256 g/mol. The predicted molar refractivity (Wildman–Crippen MR) is 79.3 cm³/mol. The quantitative estimate of drug-likeness (QED) is 0.880. The van der Waals surface area contributed by atoms with Gasteiger partial charge in [0.25, 0.3) is 0 Å².